The van der Waals surface area contributed by atoms with Crippen molar-refractivity contribution in [3.8, 4) is 5.75 Å². The summed E-state index contributed by atoms with van der Waals surface area (Å²) in [7, 11) is 0. The fraction of sp³-hybridized carbons (Fsp3) is 0.286. The third-order valence-electron chi connectivity index (χ3n) is 4.67. The topological polar surface area (TPSA) is 81.4 Å². The zero-order chi connectivity index (χ0) is 19.6. The van der Waals surface area contributed by atoms with Crippen LogP contribution in [0.25, 0.3) is 11.0 Å². The Hall–Kier alpha value is -3.15. The van der Waals surface area contributed by atoms with Gasteiger partial charge < -0.3 is 14.5 Å². The lowest BCUT2D eigenvalue weighted by Gasteiger charge is -2.17. The number of nitrogens with one attached hydrogen (secondary N) is 1. The van der Waals surface area contributed by atoms with Crippen molar-refractivity contribution in [3.63, 3.8) is 0 Å². The number of aryl methyl sites for hydroxylation is 2. The average Bonchev–Trinajstić information content (AvgIpc) is 2.67. The fourth-order valence-electron chi connectivity index (χ4n) is 2.82. The molecule has 140 valence electrons. The molecule has 0 bridgehead atoms. The molecule has 0 aliphatic rings. The van der Waals surface area contributed by atoms with Crippen molar-refractivity contribution < 1.29 is 13.9 Å². The average molecular weight is 366 g/mol. The molecule has 6 heteroatoms. The lowest BCUT2D eigenvalue weighted by molar-refractivity contribution is -0.127. The number of rotatable bonds is 5. The van der Waals surface area contributed by atoms with Crippen LogP contribution in [0.5, 0.6) is 5.75 Å². The van der Waals surface area contributed by atoms with Crippen molar-refractivity contribution in [2.45, 2.75) is 40.3 Å². The molecule has 2 aromatic heterocycles. The number of benzene rings is 1. The van der Waals surface area contributed by atoms with Gasteiger partial charge in [-0.3, -0.25) is 9.78 Å². The number of hydrogen-bond acceptors (Lipinski definition) is 5. The van der Waals surface area contributed by atoms with Crippen LogP contribution in [0.3, 0.4) is 0 Å². The first-order valence-electron chi connectivity index (χ1n) is 8.76. The van der Waals surface area contributed by atoms with Gasteiger partial charge in [0.05, 0.1) is 12.2 Å². The first kappa shape index (κ1) is 18.6. The number of amides is 1. The number of fused-ring (bicyclic) bond motifs is 1. The van der Waals surface area contributed by atoms with E-state index in [2.05, 4.69) is 10.3 Å². The van der Waals surface area contributed by atoms with Crippen LogP contribution in [-0.4, -0.2) is 17.0 Å². The molecule has 1 aromatic carbocycles. The van der Waals surface area contributed by atoms with Gasteiger partial charge in [0.2, 0.25) is 0 Å². The highest BCUT2D eigenvalue weighted by atomic mass is 16.5. The van der Waals surface area contributed by atoms with Crippen LogP contribution in [0, 0.1) is 20.8 Å². The minimum atomic E-state index is -0.705. The first-order chi connectivity index (χ1) is 12.9. The molecule has 1 amide bonds. The van der Waals surface area contributed by atoms with E-state index < -0.39 is 6.10 Å². The Morgan fingerprint density at radius 1 is 1.15 bits per heavy atom. The van der Waals surface area contributed by atoms with Gasteiger partial charge in [-0.1, -0.05) is 6.07 Å². The summed E-state index contributed by atoms with van der Waals surface area (Å²) in [5, 5.41) is 3.67. The number of ether oxygens (including phenoxy) is 1. The SMILES string of the molecule is Cc1c(C)c2ccc(OC(C)C(=O)NCc3ccccn3)c(C)c2oc1=O. The first-order valence-corrected chi connectivity index (χ1v) is 8.76. The Labute approximate surface area is 157 Å². The summed E-state index contributed by atoms with van der Waals surface area (Å²) in [6, 6.07) is 9.17. The Bertz CT molecular complexity index is 1040. The minimum Gasteiger partial charge on any atom is -0.480 e. The fourth-order valence-corrected chi connectivity index (χ4v) is 2.82. The van der Waals surface area contributed by atoms with Crippen molar-refractivity contribution in [2.75, 3.05) is 0 Å². The third-order valence-corrected chi connectivity index (χ3v) is 4.67. The number of pyridine rings is 1. The highest BCUT2D eigenvalue weighted by Gasteiger charge is 2.18. The van der Waals surface area contributed by atoms with Crippen molar-refractivity contribution in [1.82, 2.24) is 10.3 Å². The van der Waals surface area contributed by atoms with Crippen LogP contribution >= 0.6 is 0 Å². The molecule has 1 atom stereocenters. The van der Waals surface area contributed by atoms with E-state index >= 15 is 0 Å². The highest BCUT2D eigenvalue weighted by molar-refractivity contribution is 5.86. The number of aromatic nitrogens is 1. The summed E-state index contributed by atoms with van der Waals surface area (Å²) >= 11 is 0. The largest absolute Gasteiger partial charge is 0.480 e. The van der Waals surface area contributed by atoms with Crippen molar-refractivity contribution in [3.05, 3.63) is 69.3 Å². The van der Waals surface area contributed by atoms with E-state index in [9.17, 15) is 9.59 Å². The molecular formula is C21H22N2O4. The molecule has 2 heterocycles. The third kappa shape index (κ3) is 3.84. The van der Waals surface area contributed by atoms with Gasteiger partial charge in [-0.15, -0.1) is 0 Å². The Balaban J connectivity index is 1.77. The van der Waals surface area contributed by atoms with Gasteiger partial charge in [0.25, 0.3) is 5.91 Å². The van der Waals surface area contributed by atoms with E-state index in [1.54, 1.807) is 26.1 Å². The summed E-state index contributed by atoms with van der Waals surface area (Å²) in [6.45, 7) is 7.45. The Morgan fingerprint density at radius 3 is 2.63 bits per heavy atom. The van der Waals surface area contributed by atoms with Gasteiger partial charge in [-0.05, 0) is 57.5 Å². The lowest BCUT2D eigenvalue weighted by Crippen LogP contribution is -2.36. The highest BCUT2D eigenvalue weighted by Crippen LogP contribution is 2.29. The molecule has 1 unspecified atom stereocenters. The number of carbonyl (C=O) groups is 1. The van der Waals surface area contributed by atoms with Crippen molar-refractivity contribution in [2.24, 2.45) is 0 Å². The lowest BCUT2D eigenvalue weighted by atomic mass is 10.0. The second-order valence-electron chi connectivity index (χ2n) is 6.50. The number of nitrogens with zero attached hydrogens (tertiary/aromatic N) is 1. The van der Waals surface area contributed by atoms with Crippen LogP contribution < -0.4 is 15.7 Å². The normalized spacial score (nSPS) is 12.0. The molecule has 27 heavy (non-hydrogen) atoms. The van der Waals surface area contributed by atoms with Gasteiger partial charge in [0.15, 0.2) is 6.10 Å². The zero-order valence-corrected chi connectivity index (χ0v) is 15.8. The molecule has 1 N–H and O–H groups in total. The summed E-state index contributed by atoms with van der Waals surface area (Å²) in [5.41, 5.74) is 3.07. The molecule has 3 aromatic rings. The maximum atomic E-state index is 12.3. The van der Waals surface area contributed by atoms with Crippen LogP contribution in [0.4, 0.5) is 0 Å². The standard InChI is InChI=1S/C21H22N2O4/c1-12-13(2)21(25)27-19-14(3)18(9-8-17(12)19)26-15(4)20(24)23-11-16-7-5-6-10-22-16/h5-10,15H,11H2,1-4H3,(H,23,24). The number of hydrogen-bond donors (Lipinski definition) is 1. The van der Waals surface area contributed by atoms with E-state index in [4.69, 9.17) is 9.15 Å². The summed E-state index contributed by atoms with van der Waals surface area (Å²) < 4.78 is 11.3. The van der Waals surface area contributed by atoms with Crippen LogP contribution in [0.15, 0.2) is 45.7 Å². The van der Waals surface area contributed by atoms with Gasteiger partial charge in [0.1, 0.15) is 11.3 Å². The molecule has 0 fully saturated rings. The molecule has 0 aliphatic carbocycles. The second-order valence-corrected chi connectivity index (χ2v) is 6.50. The maximum absolute atomic E-state index is 12.3. The molecule has 0 spiro atoms. The van der Waals surface area contributed by atoms with Gasteiger partial charge >= 0.3 is 5.63 Å². The summed E-state index contributed by atoms with van der Waals surface area (Å²) in [5.74, 6) is 0.260. The molecule has 3 rings (SSSR count). The van der Waals surface area contributed by atoms with Crippen LogP contribution in [0.1, 0.15) is 29.3 Å². The van der Waals surface area contributed by atoms with Crippen molar-refractivity contribution in [1.29, 1.82) is 0 Å². The predicted octanol–water partition coefficient (Wildman–Crippen LogP) is 3.20. The van der Waals surface area contributed by atoms with E-state index in [1.165, 1.54) is 0 Å². The Morgan fingerprint density at radius 2 is 1.93 bits per heavy atom. The van der Waals surface area contributed by atoms with Crippen LogP contribution in [-0.2, 0) is 11.3 Å². The molecule has 0 saturated carbocycles. The zero-order valence-electron chi connectivity index (χ0n) is 15.8. The van der Waals surface area contributed by atoms with E-state index in [1.807, 2.05) is 38.1 Å². The van der Waals surface area contributed by atoms with Crippen LogP contribution in [0.2, 0.25) is 0 Å². The maximum Gasteiger partial charge on any atom is 0.339 e. The molecule has 6 nitrogen and oxygen atoms in total. The summed E-state index contributed by atoms with van der Waals surface area (Å²) in [4.78, 5) is 28.5. The second kappa shape index (κ2) is 7.61. The Kier molecular flexibility index (Phi) is 5.26. The van der Waals surface area contributed by atoms with Gasteiger partial charge in [-0.2, -0.15) is 0 Å². The van der Waals surface area contributed by atoms with Crippen molar-refractivity contribution >= 4 is 16.9 Å². The monoisotopic (exact) mass is 366 g/mol. The molecular weight excluding hydrogens is 344 g/mol. The van der Waals surface area contributed by atoms with E-state index in [0.29, 0.717) is 29.0 Å². The predicted molar refractivity (Wildman–Crippen MR) is 103 cm³/mol. The van der Waals surface area contributed by atoms with E-state index in [0.717, 1.165) is 16.6 Å². The molecule has 0 radical (unpaired) electrons. The van der Waals surface area contributed by atoms with Gasteiger partial charge in [0, 0.05) is 22.7 Å². The summed E-state index contributed by atoms with van der Waals surface area (Å²) in [6.07, 6.45) is 0.972. The van der Waals surface area contributed by atoms with E-state index in [-0.39, 0.29) is 11.5 Å². The molecule has 0 saturated heterocycles. The minimum absolute atomic E-state index is 0.248. The smallest absolute Gasteiger partial charge is 0.339 e. The molecule has 0 aliphatic heterocycles. The van der Waals surface area contributed by atoms with Gasteiger partial charge in [-0.25, -0.2) is 4.79 Å². The quantitative estimate of drug-likeness (QED) is 0.701. The number of carbonyl (C=O) groups excluding carboxylic acids is 1.